The second-order valence-corrected chi connectivity index (χ2v) is 7.11. The third kappa shape index (κ3) is 4.59. The maximum atomic E-state index is 12.9. The summed E-state index contributed by atoms with van der Waals surface area (Å²) in [6, 6.07) is 15.0. The number of carbonyl (C=O) groups is 2. The van der Waals surface area contributed by atoms with Gasteiger partial charge in [-0.15, -0.1) is 0 Å². The molecule has 3 aromatic rings. The summed E-state index contributed by atoms with van der Waals surface area (Å²) >= 11 is 0. The molecule has 1 amide bonds. The number of hydrogen-bond donors (Lipinski definition) is 0. The van der Waals surface area contributed by atoms with Crippen LogP contribution in [-0.2, 0) is 22.5 Å². The maximum absolute atomic E-state index is 12.9. The number of ether oxygens (including phenoxy) is 2. The van der Waals surface area contributed by atoms with Crippen LogP contribution in [0.2, 0.25) is 0 Å². The lowest BCUT2D eigenvalue weighted by Gasteiger charge is -2.18. The molecular formula is C24H26N2O4. The van der Waals surface area contributed by atoms with Crippen molar-refractivity contribution in [1.82, 2.24) is 9.88 Å². The van der Waals surface area contributed by atoms with E-state index in [0.29, 0.717) is 18.5 Å². The van der Waals surface area contributed by atoms with Crippen molar-refractivity contribution >= 4 is 22.8 Å². The van der Waals surface area contributed by atoms with Crippen molar-refractivity contribution in [1.29, 1.82) is 0 Å². The first-order valence-corrected chi connectivity index (χ1v) is 9.86. The zero-order valence-corrected chi connectivity index (χ0v) is 17.8. The summed E-state index contributed by atoms with van der Waals surface area (Å²) in [5.41, 5.74) is 3.79. The lowest BCUT2D eigenvalue weighted by molar-refractivity contribution is -0.133. The Morgan fingerprint density at radius 2 is 1.87 bits per heavy atom. The van der Waals surface area contributed by atoms with Crippen LogP contribution in [0.15, 0.2) is 48.5 Å². The third-order valence-electron chi connectivity index (χ3n) is 5.08. The SMILES string of the molecule is CCc1nc2ccccc2c(C(=O)OCC(=O)N(C)Cc2cccc(OC)c2)c1C. The van der Waals surface area contributed by atoms with Crippen molar-refractivity contribution in [3.63, 3.8) is 0 Å². The number of aromatic nitrogens is 1. The Hall–Kier alpha value is -3.41. The Balaban J connectivity index is 1.72. The molecular weight excluding hydrogens is 380 g/mol. The highest BCUT2D eigenvalue weighted by atomic mass is 16.5. The van der Waals surface area contributed by atoms with Gasteiger partial charge in [-0.1, -0.05) is 37.3 Å². The molecule has 0 aliphatic rings. The lowest BCUT2D eigenvalue weighted by atomic mass is 10.0. The molecule has 1 heterocycles. The highest BCUT2D eigenvalue weighted by molar-refractivity contribution is 6.05. The summed E-state index contributed by atoms with van der Waals surface area (Å²) < 4.78 is 10.6. The van der Waals surface area contributed by atoms with Gasteiger partial charge >= 0.3 is 5.97 Å². The van der Waals surface area contributed by atoms with Crippen LogP contribution in [0.5, 0.6) is 5.75 Å². The summed E-state index contributed by atoms with van der Waals surface area (Å²) in [5.74, 6) is -0.0617. The molecule has 0 spiro atoms. The number of likely N-dealkylation sites (N-methyl/N-ethyl adjacent to an activating group) is 1. The number of methoxy groups -OCH3 is 1. The summed E-state index contributed by atoms with van der Waals surface area (Å²) in [6.45, 7) is 3.93. The normalized spacial score (nSPS) is 10.7. The van der Waals surface area contributed by atoms with Gasteiger partial charge < -0.3 is 14.4 Å². The molecule has 156 valence electrons. The minimum atomic E-state index is -0.510. The Bertz CT molecular complexity index is 1080. The van der Waals surface area contributed by atoms with Gasteiger partial charge in [-0.3, -0.25) is 9.78 Å². The molecule has 0 N–H and O–H groups in total. The minimum absolute atomic E-state index is 0.280. The fourth-order valence-corrected chi connectivity index (χ4v) is 3.41. The van der Waals surface area contributed by atoms with Gasteiger partial charge in [0.15, 0.2) is 6.61 Å². The minimum Gasteiger partial charge on any atom is -0.497 e. The molecule has 0 aliphatic carbocycles. The zero-order valence-electron chi connectivity index (χ0n) is 17.8. The average molecular weight is 406 g/mol. The highest BCUT2D eigenvalue weighted by Gasteiger charge is 2.20. The molecule has 3 rings (SSSR count). The first-order chi connectivity index (χ1) is 14.4. The second-order valence-electron chi connectivity index (χ2n) is 7.11. The topological polar surface area (TPSA) is 68.7 Å². The first kappa shape index (κ1) is 21.3. The molecule has 0 atom stereocenters. The van der Waals surface area contributed by atoms with Gasteiger partial charge in [0.05, 0.1) is 18.2 Å². The Morgan fingerprint density at radius 3 is 2.60 bits per heavy atom. The van der Waals surface area contributed by atoms with E-state index in [4.69, 9.17) is 9.47 Å². The molecule has 0 bridgehead atoms. The molecule has 6 heteroatoms. The lowest BCUT2D eigenvalue weighted by Crippen LogP contribution is -2.31. The van der Waals surface area contributed by atoms with Crippen molar-refractivity contribution in [2.24, 2.45) is 0 Å². The quantitative estimate of drug-likeness (QED) is 0.556. The highest BCUT2D eigenvalue weighted by Crippen LogP contribution is 2.24. The number of para-hydroxylation sites is 1. The fraction of sp³-hybridized carbons (Fsp3) is 0.292. The molecule has 0 fully saturated rings. The number of rotatable bonds is 7. The largest absolute Gasteiger partial charge is 0.497 e. The number of carbonyl (C=O) groups excluding carboxylic acids is 2. The summed E-state index contributed by atoms with van der Waals surface area (Å²) in [6.07, 6.45) is 0.707. The van der Waals surface area contributed by atoms with Crippen LogP contribution in [0.4, 0.5) is 0 Å². The van der Waals surface area contributed by atoms with Gasteiger partial charge in [-0.25, -0.2) is 4.79 Å². The van der Waals surface area contributed by atoms with E-state index in [0.717, 1.165) is 33.5 Å². The predicted octanol–water partition coefficient (Wildman–Crippen LogP) is 3.93. The van der Waals surface area contributed by atoms with E-state index >= 15 is 0 Å². The van der Waals surface area contributed by atoms with Gasteiger partial charge in [0.25, 0.3) is 5.91 Å². The number of nitrogens with zero attached hydrogens (tertiary/aromatic N) is 2. The molecule has 0 radical (unpaired) electrons. The molecule has 2 aromatic carbocycles. The monoisotopic (exact) mass is 406 g/mol. The van der Waals surface area contributed by atoms with Gasteiger partial charge in [0, 0.05) is 24.7 Å². The number of amides is 1. The first-order valence-electron chi connectivity index (χ1n) is 9.86. The molecule has 0 unspecified atom stereocenters. The van der Waals surface area contributed by atoms with E-state index < -0.39 is 5.97 Å². The number of aryl methyl sites for hydroxylation is 1. The van der Waals surface area contributed by atoms with E-state index in [2.05, 4.69) is 4.98 Å². The van der Waals surface area contributed by atoms with E-state index in [1.54, 1.807) is 14.2 Å². The van der Waals surface area contributed by atoms with E-state index in [9.17, 15) is 9.59 Å². The van der Waals surface area contributed by atoms with Gasteiger partial charge in [-0.2, -0.15) is 0 Å². The number of hydrogen-bond acceptors (Lipinski definition) is 5. The number of pyridine rings is 1. The van der Waals surface area contributed by atoms with Gasteiger partial charge in [-0.05, 0) is 42.7 Å². The summed E-state index contributed by atoms with van der Waals surface area (Å²) in [5, 5.41) is 0.731. The van der Waals surface area contributed by atoms with Crippen LogP contribution in [0, 0.1) is 6.92 Å². The molecule has 0 aliphatic heterocycles. The molecule has 0 saturated carbocycles. The molecule has 1 aromatic heterocycles. The number of fused-ring (bicyclic) bond motifs is 1. The van der Waals surface area contributed by atoms with Crippen LogP contribution in [-0.4, -0.2) is 42.5 Å². The van der Waals surface area contributed by atoms with E-state index in [1.165, 1.54) is 4.90 Å². The van der Waals surface area contributed by atoms with Crippen LogP contribution in [0.25, 0.3) is 10.9 Å². The Labute approximate surface area is 176 Å². The molecule has 30 heavy (non-hydrogen) atoms. The predicted molar refractivity (Wildman–Crippen MR) is 116 cm³/mol. The van der Waals surface area contributed by atoms with Gasteiger partial charge in [0.1, 0.15) is 5.75 Å². The standard InChI is InChI=1S/C24H26N2O4/c1-5-20-16(2)23(19-11-6-7-12-21(19)25-20)24(28)30-15-22(27)26(3)14-17-9-8-10-18(13-17)29-4/h6-13H,5,14-15H2,1-4H3. The zero-order chi connectivity index (χ0) is 21.7. The van der Waals surface area contributed by atoms with Crippen molar-refractivity contribution in [3.05, 3.63) is 70.9 Å². The van der Waals surface area contributed by atoms with E-state index in [1.807, 2.05) is 62.4 Å². The Kier molecular flexibility index (Phi) is 6.67. The number of esters is 1. The Morgan fingerprint density at radius 1 is 1.10 bits per heavy atom. The number of benzene rings is 2. The summed E-state index contributed by atoms with van der Waals surface area (Å²) in [4.78, 5) is 31.5. The average Bonchev–Trinajstić information content (AvgIpc) is 2.76. The summed E-state index contributed by atoms with van der Waals surface area (Å²) in [7, 11) is 3.28. The van der Waals surface area contributed by atoms with Crippen molar-refractivity contribution < 1.29 is 19.1 Å². The second kappa shape index (κ2) is 9.39. The van der Waals surface area contributed by atoms with Crippen molar-refractivity contribution in [3.8, 4) is 5.75 Å². The van der Waals surface area contributed by atoms with E-state index in [-0.39, 0.29) is 12.5 Å². The van der Waals surface area contributed by atoms with Crippen LogP contribution < -0.4 is 4.74 Å². The van der Waals surface area contributed by atoms with Gasteiger partial charge in [0.2, 0.25) is 0 Å². The smallest absolute Gasteiger partial charge is 0.339 e. The van der Waals surface area contributed by atoms with Crippen LogP contribution in [0.1, 0.15) is 34.1 Å². The van der Waals surface area contributed by atoms with Crippen molar-refractivity contribution in [2.45, 2.75) is 26.8 Å². The molecule has 0 saturated heterocycles. The maximum Gasteiger partial charge on any atom is 0.339 e. The van der Waals surface area contributed by atoms with Crippen LogP contribution in [0.3, 0.4) is 0 Å². The molecule has 6 nitrogen and oxygen atoms in total. The van der Waals surface area contributed by atoms with Crippen molar-refractivity contribution in [2.75, 3.05) is 20.8 Å². The fourth-order valence-electron chi connectivity index (χ4n) is 3.41. The third-order valence-corrected chi connectivity index (χ3v) is 5.08. The van der Waals surface area contributed by atoms with Crippen LogP contribution >= 0.6 is 0 Å².